The highest BCUT2D eigenvalue weighted by atomic mass is 32.2. The zero-order valence-electron chi connectivity index (χ0n) is 13.2. The van der Waals surface area contributed by atoms with E-state index in [4.69, 9.17) is 0 Å². The zero-order chi connectivity index (χ0) is 17.1. The maximum atomic E-state index is 12.1. The van der Waals surface area contributed by atoms with Gasteiger partial charge in [0.25, 0.3) is 5.91 Å². The molecule has 0 saturated carbocycles. The standard InChI is InChI=1S/C17H15N3O2S2/c1-10(21)8-15-18-11(2)13(23-15)9-14-16(22)20-17(24-14)19-12-6-4-3-5-7-12/h3-7,9H,8H2,1-2H3,(H,19,20,22)/b14-9-. The Bertz CT molecular complexity index is 854. The van der Waals surface area contributed by atoms with Crippen LogP contribution in [0.2, 0.25) is 0 Å². The van der Waals surface area contributed by atoms with Gasteiger partial charge in [0.2, 0.25) is 0 Å². The highest BCUT2D eigenvalue weighted by Gasteiger charge is 2.24. The molecule has 3 rings (SSSR count). The van der Waals surface area contributed by atoms with Crippen LogP contribution < -0.4 is 5.32 Å². The van der Waals surface area contributed by atoms with Crippen molar-refractivity contribution in [1.29, 1.82) is 0 Å². The average Bonchev–Trinajstić information content (AvgIpc) is 3.03. The van der Waals surface area contributed by atoms with Gasteiger partial charge in [0.1, 0.15) is 10.8 Å². The molecule has 0 radical (unpaired) electrons. The Morgan fingerprint density at radius 2 is 2.08 bits per heavy atom. The van der Waals surface area contributed by atoms with Crippen molar-refractivity contribution in [1.82, 2.24) is 10.3 Å². The lowest BCUT2D eigenvalue weighted by atomic mass is 10.3. The van der Waals surface area contributed by atoms with Crippen LogP contribution in [0.4, 0.5) is 5.69 Å². The molecule has 122 valence electrons. The summed E-state index contributed by atoms with van der Waals surface area (Å²) in [6, 6.07) is 9.47. The van der Waals surface area contributed by atoms with E-state index in [-0.39, 0.29) is 11.7 Å². The van der Waals surface area contributed by atoms with Crippen molar-refractivity contribution < 1.29 is 9.59 Å². The lowest BCUT2D eigenvalue weighted by molar-refractivity contribution is -0.116. The third kappa shape index (κ3) is 3.98. The summed E-state index contributed by atoms with van der Waals surface area (Å²) >= 11 is 2.74. The molecule has 0 spiro atoms. The number of aromatic nitrogens is 1. The summed E-state index contributed by atoms with van der Waals surface area (Å²) in [5.74, 6) is -0.0937. The second-order valence-electron chi connectivity index (χ2n) is 5.25. The number of hydrogen-bond acceptors (Lipinski definition) is 6. The summed E-state index contributed by atoms with van der Waals surface area (Å²) in [4.78, 5) is 33.6. The number of benzene rings is 1. The molecule has 0 atom stereocenters. The van der Waals surface area contributed by atoms with Crippen LogP contribution in [0.15, 0.2) is 40.2 Å². The van der Waals surface area contributed by atoms with Crippen LogP contribution in [0.1, 0.15) is 22.5 Å². The Morgan fingerprint density at radius 1 is 1.33 bits per heavy atom. The number of nitrogens with one attached hydrogen (secondary N) is 1. The summed E-state index contributed by atoms with van der Waals surface area (Å²) in [5.41, 5.74) is 1.62. The quantitative estimate of drug-likeness (QED) is 0.851. The highest BCUT2D eigenvalue weighted by molar-refractivity contribution is 8.18. The smallest absolute Gasteiger partial charge is 0.264 e. The first-order valence-electron chi connectivity index (χ1n) is 7.31. The Balaban J connectivity index is 1.81. The number of ketones is 1. The van der Waals surface area contributed by atoms with Crippen LogP contribution in [0.3, 0.4) is 0 Å². The molecule has 1 fully saturated rings. The lowest BCUT2D eigenvalue weighted by Crippen LogP contribution is -2.19. The molecular formula is C17H15N3O2S2. The van der Waals surface area contributed by atoms with Crippen LogP contribution in [0.5, 0.6) is 0 Å². The number of amidine groups is 1. The molecule has 24 heavy (non-hydrogen) atoms. The van der Waals surface area contributed by atoms with Gasteiger partial charge >= 0.3 is 0 Å². The Labute approximate surface area is 147 Å². The van der Waals surface area contributed by atoms with E-state index in [1.54, 1.807) is 6.92 Å². The third-order valence-electron chi connectivity index (χ3n) is 3.18. The van der Waals surface area contributed by atoms with Gasteiger partial charge < -0.3 is 5.32 Å². The van der Waals surface area contributed by atoms with Crippen LogP contribution in [-0.2, 0) is 16.0 Å². The summed E-state index contributed by atoms with van der Waals surface area (Å²) in [6.45, 7) is 3.42. The van der Waals surface area contributed by atoms with Gasteiger partial charge in [0.15, 0.2) is 5.17 Å². The van der Waals surface area contributed by atoms with E-state index < -0.39 is 0 Å². The first-order chi connectivity index (χ1) is 11.5. The van der Waals surface area contributed by atoms with E-state index in [2.05, 4.69) is 15.3 Å². The number of hydrogen-bond donors (Lipinski definition) is 1. The van der Waals surface area contributed by atoms with E-state index in [0.717, 1.165) is 21.3 Å². The molecule has 2 aromatic rings. The van der Waals surface area contributed by atoms with Crippen LogP contribution >= 0.6 is 23.1 Å². The van der Waals surface area contributed by atoms with Gasteiger partial charge in [0.05, 0.1) is 27.6 Å². The second kappa shape index (κ2) is 7.11. The fourth-order valence-electron chi connectivity index (χ4n) is 2.11. The number of Topliss-reactive ketones (excluding diaryl/α,β-unsaturated/α-hetero) is 1. The van der Waals surface area contributed by atoms with Crippen LogP contribution in [0.25, 0.3) is 6.08 Å². The Morgan fingerprint density at radius 3 is 2.79 bits per heavy atom. The SMILES string of the molecule is CC(=O)Cc1nc(C)c(/C=C2\SC(=Nc3ccccc3)NC2=O)s1. The second-order valence-corrected chi connectivity index (χ2v) is 7.40. The predicted octanol–water partition coefficient (Wildman–Crippen LogP) is 3.47. The number of thioether (sulfide) groups is 1. The minimum Gasteiger partial charge on any atom is -0.300 e. The molecule has 7 heteroatoms. The highest BCUT2D eigenvalue weighted by Crippen LogP contribution is 2.30. The summed E-state index contributed by atoms with van der Waals surface area (Å²) in [6.07, 6.45) is 2.14. The number of rotatable bonds is 4. The van der Waals surface area contributed by atoms with E-state index >= 15 is 0 Å². The van der Waals surface area contributed by atoms with Gasteiger partial charge in [-0.2, -0.15) is 0 Å². The Kier molecular flexibility index (Phi) is 4.92. The number of aryl methyl sites for hydroxylation is 1. The van der Waals surface area contributed by atoms with Crippen molar-refractivity contribution in [3.63, 3.8) is 0 Å². The van der Waals surface area contributed by atoms with Crippen LogP contribution in [-0.4, -0.2) is 21.8 Å². The number of thiazole rings is 1. The zero-order valence-corrected chi connectivity index (χ0v) is 14.8. The molecule has 5 nitrogen and oxygen atoms in total. The third-order valence-corrected chi connectivity index (χ3v) is 5.19. The van der Waals surface area contributed by atoms with Gasteiger partial charge in [0, 0.05) is 0 Å². The van der Waals surface area contributed by atoms with Gasteiger partial charge in [-0.05, 0) is 43.8 Å². The number of amides is 1. The number of carbonyl (C=O) groups excluding carboxylic acids is 2. The number of aliphatic imine (C=N–C) groups is 1. The van der Waals surface area contributed by atoms with Crippen LogP contribution in [0, 0.1) is 6.92 Å². The monoisotopic (exact) mass is 357 g/mol. The first kappa shape index (κ1) is 16.6. The molecule has 1 aromatic carbocycles. The Hall–Kier alpha value is -2.25. The largest absolute Gasteiger partial charge is 0.300 e. The minimum atomic E-state index is -0.171. The summed E-state index contributed by atoms with van der Waals surface area (Å²) in [7, 11) is 0. The molecule has 1 aliphatic rings. The van der Waals surface area contributed by atoms with Crippen molar-refractivity contribution in [3.8, 4) is 0 Å². The predicted molar refractivity (Wildman–Crippen MR) is 98.5 cm³/mol. The fraction of sp³-hybridized carbons (Fsp3) is 0.176. The molecule has 1 aliphatic heterocycles. The fourth-order valence-corrected chi connectivity index (χ4v) is 4.09. The summed E-state index contributed by atoms with van der Waals surface area (Å²) in [5, 5.41) is 4.10. The number of nitrogens with zero attached hydrogens (tertiary/aromatic N) is 2. The molecule has 2 heterocycles. The number of carbonyl (C=O) groups is 2. The van der Waals surface area contributed by atoms with Crippen molar-refractivity contribution >= 4 is 51.7 Å². The van der Waals surface area contributed by atoms with Gasteiger partial charge in [-0.15, -0.1) is 11.3 Å². The van der Waals surface area contributed by atoms with E-state index in [1.807, 2.05) is 43.3 Å². The normalized spacial score (nSPS) is 17.5. The molecule has 0 bridgehead atoms. The van der Waals surface area contributed by atoms with E-state index in [0.29, 0.717) is 16.5 Å². The topological polar surface area (TPSA) is 71.4 Å². The molecule has 0 unspecified atom stereocenters. The lowest BCUT2D eigenvalue weighted by Gasteiger charge is -1.94. The maximum Gasteiger partial charge on any atom is 0.264 e. The molecule has 1 N–H and O–H groups in total. The average molecular weight is 357 g/mol. The van der Waals surface area contributed by atoms with Crippen molar-refractivity contribution in [3.05, 3.63) is 50.8 Å². The molecule has 1 saturated heterocycles. The van der Waals surface area contributed by atoms with Crippen molar-refractivity contribution in [2.75, 3.05) is 0 Å². The molecular weight excluding hydrogens is 342 g/mol. The first-order valence-corrected chi connectivity index (χ1v) is 8.95. The molecule has 1 amide bonds. The molecule has 1 aromatic heterocycles. The van der Waals surface area contributed by atoms with Crippen molar-refractivity contribution in [2.45, 2.75) is 20.3 Å². The van der Waals surface area contributed by atoms with Gasteiger partial charge in [-0.25, -0.2) is 9.98 Å². The van der Waals surface area contributed by atoms with E-state index in [1.165, 1.54) is 23.1 Å². The van der Waals surface area contributed by atoms with Crippen molar-refractivity contribution in [2.24, 2.45) is 4.99 Å². The van der Waals surface area contributed by atoms with Gasteiger partial charge in [-0.1, -0.05) is 18.2 Å². The van der Waals surface area contributed by atoms with Gasteiger partial charge in [-0.3, -0.25) is 9.59 Å². The molecule has 0 aliphatic carbocycles. The minimum absolute atomic E-state index is 0.0771. The summed E-state index contributed by atoms with van der Waals surface area (Å²) < 4.78 is 0. The van der Waals surface area contributed by atoms with E-state index in [9.17, 15) is 9.59 Å². The number of para-hydroxylation sites is 1. The maximum absolute atomic E-state index is 12.1.